The van der Waals surface area contributed by atoms with Crippen LogP contribution >= 0.6 is 23.2 Å². The third-order valence-electron chi connectivity index (χ3n) is 4.67. The highest BCUT2D eigenvalue weighted by Gasteiger charge is 2.28. The zero-order valence-electron chi connectivity index (χ0n) is 15.6. The molecule has 0 atom stereocenters. The van der Waals surface area contributed by atoms with E-state index in [0.717, 1.165) is 12.3 Å². The molecule has 2 heterocycles. The second-order valence-electron chi connectivity index (χ2n) is 6.68. The Kier molecular flexibility index (Phi) is 5.70. The van der Waals surface area contributed by atoms with Gasteiger partial charge in [-0.15, -0.1) is 0 Å². The van der Waals surface area contributed by atoms with Gasteiger partial charge in [-0.05, 0) is 36.8 Å². The second kappa shape index (κ2) is 8.42. The Labute approximate surface area is 182 Å². The van der Waals surface area contributed by atoms with Crippen molar-refractivity contribution in [2.24, 2.45) is 0 Å². The number of aromatic nitrogens is 1. The van der Waals surface area contributed by atoms with Crippen molar-refractivity contribution in [3.8, 4) is 11.6 Å². The number of nitrogens with zero attached hydrogens (tertiary/aromatic N) is 2. The van der Waals surface area contributed by atoms with Crippen LogP contribution in [-0.4, -0.2) is 23.2 Å². The summed E-state index contributed by atoms with van der Waals surface area (Å²) in [7, 11) is 0. The van der Waals surface area contributed by atoms with Crippen molar-refractivity contribution < 1.29 is 18.7 Å². The first-order valence-electron chi connectivity index (χ1n) is 9.16. The minimum atomic E-state index is -0.693. The SMILES string of the molecule is O=C1CCCN(C(=O)c2cc(F)cnc2Oc2cc(Cl)ccc2Cl)c2ccccc21. The fraction of sp³-hybridized carbons (Fsp3) is 0.136. The van der Waals surface area contributed by atoms with Gasteiger partial charge in [0.1, 0.15) is 17.1 Å². The lowest BCUT2D eigenvalue weighted by molar-refractivity contribution is 0.0972. The molecule has 3 aromatic rings. The lowest BCUT2D eigenvalue weighted by Crippen LogP contribution is -2.32. The van der Waals surface area contributed by atoms with Crippen LogP contribution < -0.4 is 9.64 Å². The maximum Gasteiger partial charge on any atom is 0.263 e. The molecule has 1 aromatic heterocycles. The quantitative estimate of drug-likeness (QED) is 0.501. The monoisotopic (exact) mass is 444 g/mol. The Bertz CT molecular complexity index is 1150. The van der Waals surface area contributed by atoms with Gasteiger partial charge in [-0.2, -0.15) is 0 Å². The first-order chi connectivity index (χ1) is 14.4. The molecule has 0 spiro atoms. The summed E-state index contributed by atoms with van der Waals surface area (Å²) in [5.41, 5.74) is 0.837. The van der Waals surface area contributed by atoms with Crippen LogP contribution in [0.4, 0.5) is 10.1 Å². The zero-order chi connectivity index (χ0) is 21.3. The molecule has 0 radical (unpaired) electrons. The van der Waals surface area contributed by atoms with Crippen molar-refractivity contribution in [1.82, 2.24) is 4.98 Å². The number of rotatable bonds is 3. The van der Waals surface area contributed by atoms with Crippen molar-refractivity contribution in [3.05, 3.63) is 81.7 Å². The van der Waals surface area contributed by atoms with E-state index in [2.05, 4.69) is 4.98 Å². The first kappa shape index (κ1) is 20.3. The Morgan fingerprint density at radius 3 is 2.77 bits per heavy atom. The Hall–Kier alpha value is -2.96. The van der Waals surface area contributed by atoms with Crippen molar-refractivity contribution in [2.75, 3.05) is 11.4 Å². The largest absolute Gasteiger partial charge is 0.437 e. The van der Waals surface area contributed by atoms with E-state index < -0.39 is 11.7 Å². The number of halogens is 3. The standard InChI is InChI=1S/C22H15Cl2FN2O3/c23-13-7-8-17(24)20(10-13)30-21-16(11-14(25)12-26-21)22(29)27-9-3-6-19(28)15-4-1-2-5-18(15)27/h1-2,4-5,7-8,10-12H,3,6,9H2. The molecule has 4 rings (SSSR count). The molecule has 152 valence electrons. The average molecular weight is 445 g/mol. The number of hydrogen-bond acceptors (Lipinski definition) is 4. The first-order valence-corrected chi connectivity index (χ1v) is 9.92. The number of carbonyl (C=O) groups excluding carboxylic acids is 2. The fourth-order valence-corrected chi connectivity index (χ4v) is 3.59. The number of Topliss-reactive ketones (excluding diaryl/α,β-unsaturated/α-hetero) is 1. The number of ketones is 1. The van der Waals surface area contributed by atoms with E-state index in [4.69, 9.17) is 27.9 Å². The van der Waals surface area contributed by atoms with Gasteiger partial charge in [-0.1, -0.05) is 35.3 Å². The topological polar surface area (TPSA) is 59.5 Å². The van der Waals surface area contributed by atoms with E-state index in [9.17, 15) is 14.0 Å². The van der Waals surface area contributed by atoms with Crippen LogP contribution in [0.25, 0.3) is 0 Å². The highest BCUT2D eigenvalue weighted by atomic mass is 35.5. The normalized spacial score (nSPS) is 13.6. The Morgan fingerprint density at radius 1 is 1.13 bits per heavy atom. The molecule has 8 heteroatoms. The molecule has 0 N–H and O–H groups in total. The summed E-state index contributed by atoms with van der Waals surface area (Å²) >= 11 is 12.1. The number of anilines is 1. The predicted octanol–water partition coefficient (Wildman–Crippen LogP) is 5.94. The summed E-state index contributed by atoms with van der Waals surface area (Å²) in [6, 6.07) is 12.5. The molecule has 30 heavy (non-hydrogen) atoms. The van der Waals surface area contributed by atoms with Crippen LogP contribution in [0.15, 0.2) is 54.7 Å². The smallest absolute Gasteiger partial charge is 0.263 e. The van der Waals surface area contributed by atoms with Gasteiger partial charge in [0, 0.05) is 29.6 Å². The van der Waals surface area contributed by atoms with Gasteiger partial charge in [-0.25, -0.2) is 9.37 Å². The number of hydrogen-bond donors (Lipinski definition) is 0. The summed E-state index contributed by atoms with van der Waals surface area (Å²) in [4.78, 5) is 31.2. The van der Waals surface area contributed by atoms with Crippen molar-refractivity contribution >= 4 is 40.6 Å². The van der Waals surface area contributed by atoms with Gasteiger partial charge in [0.25, 0.3) is 5.91 Å². The van der Waals surface area contributed by atoms with E-state index >= 15 is 0 Å². The van der Waals surface area contributed by atoms with Gasteiger partial charge in [0.05, 0.1) is 16.9 Å². The molecular weight excluding hydrogens is 430 g/mol. The van der Waals surface area contributed by atoms with Gasteiger partial charge in [0.2, 0.25) is 5.88 Å². The van der Waals surface area contributed by atoms with Crippen molar-refractivity contribution in [3.63, 3.8) is 0 Å². The highest BCUT2D eigenvalue weighted by molar-refractivity contribution is 6.34. The zero-order valence-corrected chi connectivity index (χ0v) is 17.1. The number of para-hydroxylation sites is 1. The third kappa shape index (κ3) is 4.01. The molecular formula is C22H15Cl2FN2O3. The van der Waals surface area contributed by atoms with E-state index in [-0.39, 0.29) is 28.0 Å². The molecule has 1 aliphatic heterocycles. The third-order valence-corrected chi connectivity index (χ3v) is 5.22. The van der Waals surface area contributed by atoms with Gasteiger partial charge < -0.3 is 9.64 Å². The summed E-state index contributed by atoms with van der Waals surface area (Å²) in [5, 5.41) is 0.638. The summed E-state index contributed by atoms with van der Waals surface area (Å²) in [6.45, 7) is 0.301. The number of ether oxygens (including phenoxy) is 1. The maximum atomic E-state index is 14.0. The van der Waals surface area contributed by atoms with Crippen LogP contribution in [0.3, 0.4) is 0 Å². The van der Waals surface area contributed by atoms with Crippen LogP contribution in [0, 0.1) is 5.82 Å². The van der Waals surface area contributed by atoms with Gasteiger partial charge in [0.15, 0.2) is 5.78 Å². The number of carbonyl (C=O) groups is 2. The van der Waals surface area contributed by atoms with E-state index in [1.807, 2.05) is 0 Å². The lowest BCUT2D eigenvalue weighted by Gasteiger charge is -2.23. The molecule has 1 aliphatic rings. The van der Waals surface area contributed by atoms with Crippen molar-refractivity contribution in [2.45, 2.75) is 12.8 Å². The molecule has 0 fully saturated rings. The van der Waals surface area contributed by atoms with E-state index in [1.54, 1.807) is 36.4 Å². The number of fused-ring (bicyclic) bond motifs is 1. The fourth-order valence-electron chi connectivity index (χ4n) is 3.27. The molecule has 5 nitrogen and oxygen atoms in total. The predicted molar refractivity (Wildman–Crippen MR) is 112 cm³/mol. The van der Waals surface area contributed by atoms with Crippen LogP contribution in [0.5, 0.6) is 11.6 Å². The van der Waals surface area contributed by atoms with Crippen molar-refractivity contribution in [1.29, 1.82) is 0 Å². The number of amides is 1. The minimum absolute atomic E-state index is 0.0413. The Morgan fingerprint density at radius 2 is 1.93 bits per heavy atom. The molecule has 0 unspecified atom stereocenters. The molecule has 0 bridgehead atoms. The van der Waals surface area contributed by atoms with Crippen LogP contribution in [0.2, 0.25) is 10.0 Å². The van der Waals surface area contributed by atoms with Gasteiger partial charge >= 0.3 is 0 Å². The van der Waals surface area contributed by atoms with E-state index in [0.29, 0.717) is 35.7 Å². The molecule has 0 saturated carbocycles. The van der Waals surface area contributed by atoms with Crippen LogP contribution in [-0.2, 0) is 0 Å². The summed E-state index contributed by atoms with van der Waals surface area (Å²) in [5.74, 6) is -1.19. The highest BCUT2D eigenvalue weighted by Crippen LogP contribution is 2.34. The molecule has 0 aliphatic carbocycles. The average Bonchev–Trinajstić information content (AvgIpc) is 2.90. The Balaban J connectivity index is 1.76. The summed E-state index contributed by atoms with van der Waals surface area (Å²) < 4.78 is 19.7. The minimum Gasteiger partial charge on any atom is -0.437 e. The number of pyridine rings is 1. The molecule has 0 saturated heterocycles. The van der Waals surface area contributed by atoms with Crippen LogP contribution in [0.1, 0.15) is 33.6 Å². The van der Waals surface area contributed by atoms with Gasteiger partial charge in [-0.3, -0.25) is 9.59 Å². The molecule has 1 amide bonds. The summed E-state index contributed by atoms with van der Waals surface area (Å²) in [6.07, 6.45) is 1.76. The van der Waals surface area contributed by atoms with E-state index in [1.165, 1.54) is 11.0 Å². The lowest BCUT2D eigenvalue weighted by atomic mass is 10.1. The number of benzene rings is 2. The second-order valence-corrected chi connectivity index (χ2v) is 7.53. The molecule has 2 aromatic carbocycles. The maximum absolute atomic E-state index is 14.0.